The van der Waals surface area contributed by atoms with Crippen molar-refractivity contribution in [2.24, 2.45) is 0 Å². The lowest BCUT2D eigenvalue weighted by Crippen LogP contribution is -2.40. The first-order valence-corrected chi connectivity index (χ1v) is 9.67. The Kier molecular flexibility index (Phi) is 5.81. The second-order valence-electron chi connectivity index (χ2n) is 6.80. The average molecular weight is 406 g/mol. The minimum absolute atomic E-state index is 0.129. The number of fused-ring (bicyclic) bond motifs is 1. The van der Waals surface area contributed by atoms with Crippen LogP contribution < -0.4 is 10.1 Å². The number of hydrogen-bond acceptors (Lipinski definition) is 5. The van der Waals surface area contributed by atoms with Crippen LogP contribution in [0.2, 0.25) is 0 Å². The van der Waals surface area contributed by atoms with Crippen molar-refractivity contribution in [3.05, 3.63) is 65.9 Å². The number of carbonyl (C=O) groups excluding carboxylic acids is 2. The van der Waals surface area contributed by atoms with E-state index in [1.165, 1.54) is 6.08 Å². The summed E-state index contributed by atoms with van der Waals surface area (Å²) in [6, 6.07) is 14.6. The molecule has 2 aromatic carbocycles. The van der Waals surface area contributed by atoms with E-state index in [-0.39, 0.29) is 17.6 Å². The van der Waals surface area contributed by atoms with Crippen molar-refractivity contribution in [3.8, 4) is 5.75 Å². The molecule has 2 heterocycles. The predicted molar refractivity (Wildman–Crippen MR) is 114 cm³/mol. The summed E-state index contributed by atoms with van der Waals surface area (Å²) in [5, 5.41) is 3.50. The Balaban J connectivity index is 1.58. The summed E-state index contributed by atoms with van der Waals surface area (Å²) >= 11 is 0. The van der Waals surface area contributed by atoms with Crippen LogP contribution >= 0.6 is 0 Å². The third kappa shape index (κ3) is 4.21. The summed E-state index contributed by atoms with van der Waals surface area (Å²) in [6.45, 7) is 1.94. The van der Waals surface area contributed by atoms with Crippen molar-refractivity contribution in [1.29, 1.82) is 0 Å². The van der Waals surface area contributed by atoms with E-state index in [2.05, 4.69) is 5.32 Å². The quantitative estimate of drug-likeness (QED) is 0.655. The van der Waals surface area contributed by atoms with E-state index in [9.17, 15) is 9.59 Å². The number of nitrogens with zero attached hydrogens (tertiary/aromatic N) is 1. The molecule has 7 heteroatoms. The Morgan fingerprint density at radius 3 is 2.53 bits per heavy atom. The van der Waals surface area contributed by atoms with Crippen molar-refractivity contribution in [2.75, 3.05) is 38.7 Å². The third-order valence-corrected chi connectivity index (χ3v) is 4.88. The van der Waals surface area contributed by atoms with Crippen LogP contribution in [0.4, 0.5) is 5.69 Å². The van der Waals surface area contributed by atoms with Gasteiger partial charge in [0.25, 0.3) is 5.91 Å². The molecule has 1 saturated heterocycles. The van der Waals surface area contributed by atoms with Crippen molar-refractivity contribution < 1.29 is 23.5 Å². The van der Waals surface area contributed by atoms with Gasteiger partial charge in [0.15, 0.2) is 0 Å². The van der Waals surface area contributed by atoms with Gasteiger partial charge in [-0.2, -0.15) is 0 Å². The predicted octanol–water partition coefficient (Wildman–Crippen LogP) is 3.57. The molecule has 3 aromatic rings. The molecule has 0 spiro atoms. The number of para-hydroxylation sites is 1. The highest BCUT2D eigenvalue weighted by atomic mass is 16.5. The summed E-state index contributed by atoms with van der Waals surface area (Å²) in [6.07, 6.45) is 3.12. The number of carbonyl (C=O) groups is 2. The van der Waals surface area contributed by atoms with Crippen LogP contribution in [-0.2, 0) is 9.53 Å². The van der Waals surface area contributed by atoms with Crippen molar-refractivity contribution in [2.45, 2.75) is 0 Å². The summed E-state index contributed by atoms with van der Waals surface area (Å²) in [5.41, 5.74) is 1.78. The molecule has 1 aliphatic rings. The van der Waals surface area contributed by atoms with E-state index in [1.807, 2.05) is 42.5 Å². The molecule has 2 amide bonds. The van der Waals surface area contributed by atoms with E-state index < -0.39 is 0 Å². The highest BCUT2D eigenvalue weighted by Gasteiger charge is 2.27. The molecule has 0 atom stereocenters. The molecule has 1 fully saturated rings. The van der Waals surface area contributed by atoms with Gasteiger partial charge in [0.2, 0.25) is 11.7 Å². The molecular formula is C23H22N2O5. The molecule has 30 heavy (non-hydrogen) atoms. The Morgan fingerprint density at radius 2 is 1.80 bits per heavy atom. The Hall–Kier alpha value is -3.58. The lowest BCUT2D eigenvalue weighted by molar-refractivity contribution is -0.111. The van der Waals surface area contributed by atoms with E-state index in [0.29, 0.717) is 43.0 Å². The lowest BCUT2D eigenvalue weighted by Gasteiger charge is -2.26. The van der Waals surface area contributed by atoms with Gasteiger partial charge < -0.3 is 24.1 Å². The fraction of sp³-hybridized carbons (Fsp3) is 0.217. The molecule has 154 valence electrons. The number of furan rings is 1. The van der Waals surface area contributed by atoms with Gasteiger partial charge in [0, 0.05) is 24.6 Å². The summed E-state index contributed by atoms with van der Waals surface area (Å²) in [4.78, 5) is 27.3. The third-order valence-electron chi connectivity index (χ3n) is 4.88. The first-order chi connectivity index (χ1) is 14.7. The van der Waals surface area contributed by atoms with E-state index in [1.54, 1.807) is 24.2 Å². The van der Waals surface area contributed by atoms with Gasteiger partial charge in [0.05, 0.1) is 20.3 Å². The normalized spacial score (nSPS) is 14.2. The van der Waals surface area contributed by atoms with E-state index in [0.717, 1.165) is 11.3 Å². The second-order valence-corrected chi connectivity index (χ2v) is 6.80. The molecule has 0 unspecified atom stereocenters. The SMILES string of the molecule is COc1ccc(/C=C/C(=O)Nc2c(C(=O)N3CCOCC3)oc3ccccc23)cc1. The van der Waals surface area contributed by atoms with Crippen LogP contribution in [0.25, 0.3) is 17.0 Å². The maximum Gasteiger partial charge on any atom is 0.291 e. The fourth-order valence-corrected chi connectivity index (χ4v) is 3.28. The largest absolute Gasteiger partial charge is 0.497 e. The van der Waals surface area contributed by atoms with Crippen LogP contribution in [-0.4, -0.2) is 50.1 Å². The van der Waals surface area contributed by atoms with Gasteiger partial charge in [-0.3, -0.25) is 9.59 Å². The summed E-state index contributed by atoms with van der Waals surface area (Å²) < 4.78 is 16.3. The van der Waals surface area contributed by atoms with Crippen molar-refractivity contribution in [1.82, 2.24) is 4.90 Å². The van der Waals surface area contributed by atoms with Crippen molar-refractivity contribution >= 4 is 34.5 Å². The number of benzene rings is 2. The second kappa shape index (κ2) is 8.84. The van der Waals surface area contributed by atoms with Gasteiger partial charge in [-0.15, -0.1) is 0 Å². The molecular weight excluding hydrogens is 384 g/mol. The first-order valence-electron chi connectivity index (χ1n) is 9.67. The number of hydrogen-bond donors (Lipinski definition) is 1. The number of anilines is 1. The molecule has 0 saturated carbocycles. The van der Waals surface area contributed by atoms with Gasteiger partial charge in [-0.05, 0) is 35.9 Å². The summed E-state index contributed by atoms with van der Waals surface area (Å²) in [7, 11) is 1.60. The minimum atomic E-state index is -0.353. The maximum atomic E-state index is 13.0. The minimum Gasteiger partial charge on any atom is -0.497 e. The first kappa shape index (κ1) is 19.7. The number of morpholine rings is 1. The molecule has 7 nitrogen and oxygen atoms in total. The molecule has 0 radical (unpaired) electrons. The maximum absolute atomic E-state index is 13.0. The van der Waals surface area contributed by atoms with E-state index in [4.69, 9.17) is 13.9 Å². The van der Waals surface area contributed by atoms with E-state index >= 15 is 0 Å². The molecule has 1 aliphatic heterocycles. The van der Waals surface area contributed by atoms with Gasteiger partial charge in [-0.25, -0.2) is 0 Å². The highest BCUT2D eigenvalue weighted by molar-refractivity contribution is 6.13. The number of nitrogens with one attached hydrogen (secondary N) is 1. The zero-order valence-electron chi connectivity index (χ0n) is 16.6. The van der Waals surface area contributed by atoms with Gasteiger partial charge in [-0.1, -0.05) is 24.3 Å². The zero-order valence-corrected chi connectivity index (χ0v) is 16.6. The Labute approximate surface area is 173 Å². The Morgan fingerprint density at radius 1 is 1.07 bits per heavy atom. The van der Waals surface area contributed by atoms with Crippen LogP contribution in [0.5, 0.6) is 5.75 Å². The molecule has 1 aromatic heterocycles. The topological polar surface area (TPSA) is 81.0 Å². The standard InChI is InChI=1S/C23H22N2O5/c1-28-17-9-6-16(7-10-17)8-11-20(26)24-21-18-4-2-3-5-19(18)30-22(21)23(27)25-12-14-29-15-13-25/h2-11H,12-15H2,1H3,(H,24,26)/b11-8+. The monoisotopic (exact) mass is 406 g/mol. The highest BCUT2D eigenvalue weighted by Crippen LogP contribution is 2.32. The molecule has 1 N–H and O–H groups in total. The fourth-order valence-electron chi connectivity index (χ4n) is 3.28. The smallest absolute Gasteiger partial charge is 0.291 e. The van der Waals surface area contributed by atoms with Crippen LogP contribution in [0, 0.1) is 0 Å². The lowest BCUT2D eigenvalue weighted by atomic mass is 10.2. The number of amides is 2. The zero-order chi connectivity index (χ0) is 20.9. The molecule has 4 rings (SSSR count). The van der Waals surface area contributed by atoms with Gasteiger partial charge >= 0.3 is 0 Å². The van der Waals surface area contributed by atoms with Crippen LogP contribution in [0.15, 0.2) is 59.0 Å². The van der Waals surface area contributed by atoms with Crippen molar-refractivity contribution in [3.63, 3.8) is 0 Å². The van der Waals surface area contributed by atoms with Crippen LogP contribution in [0.1, 0.15) is 16.1 Å². The number of methoxy groups -OCH3 is 1. The number of ether oxygens (including phenoxy) is 2. The molecule has 0 aliphatic carbocycles. The Bertz CT molecular complexity index is 1080. The average Bonchev–Trinajstić information content (AvgIpc) is 3.16. The van der Waals surface area contributed by atoms with Gasteiger partial charge in [0.1, 0.15) is 17.0 Å². The number of rotatable bonds is 5. The van der Waals surface area contributed by atoms with Crippen LogP contribution in [0.3, 0.4) is 0 Å². The molecule has 0 bridgehead atoms. The summed E-state index contributed by atoms with van der Waals surface area (Å²) in [5.74, 6) is 0.259.